The molecule has 3 rings (SSSR count). The Morgan fingerprint density at radius 3 is 2.58 bits per heavy atom. The second-order valence-corrected chi connectivity index (χ2v) is 6.34. The van der Waals surface area contributed by atoms with Crippen LogP contribution in [0.5, 0.6) is 5.88 Å². The summed E-state index contributed by atoms with van der Waals surface area (Å²) < 4.78 is 5.88. The van der Waals surface area contributed by atoms with Gasteiger partial charge in [0.15, 0.2) is 0 Å². The van der Waals surface area contributed by atoms with Gasteiger partial charge in [-0.3, -0.25) is 4.79 Å². The number of amides is 1. The molecule has 0 radical (unpaired) electrons. The Kier molecular flexibility index (Phi) is 8.81. The van der Waals surface area contributed by atoms with Crippen LogP contribution in [0.15, 0.2) is 24.4 Å². The lowest BCUT2D eigenvalue weighted by Gasteiger charge is -2.34. The lowest BCUT2D eigenvalue weighted by atomic mass is 9.93. The fraction of sp³-hybridized carbons (Fsp3) is 0.647. The molecule has 1 amide bonds. The van der Waals surface area contributed by atoms with Crippen LogP contribution in [0.25, 0.3) is 0 Å². The van der Waals surface area contributed by atoms with E-state index < -0.39 is 0 Å². The largest absolute Gasteiger partial charge is 0.474 e. The highest BCUT2D eigenvalue weighted by molar-refractivity contribution is 5.85. The predicted octanol–water partition coefficient (Wildman–Crippen LogP) is 2.67. The van der Waals surface area contributed by atoms with Gasteiger partial charge in [-0.15, -0.1) is 24.8 Å². The van der Waals surface area contributed by atoms with Crippen LogP contribution in [0.3, 0.4) is 0 Å². The molecule has 24 heavy (non-hydrogen) atoms. The number of hydrogen-bond donors (Lipinski definition) is 1. The van der Waals surface area contributed by atoms with Crippen molar-refractivity contribution in [3.8, 4) is 5.88 Å². The summed E-state index contributed by atoms with van der Waals surface area (Å²) in [4.78, 5) is 18.9. The molecule has 2 atom stereocenters. The summed E-state index contributed by atoms with van der Waals surface area (Å²) in [5.74, 6) is 1.52. The highest BCUT2D eigenvalue weighted by atomic mass is 35.5. The molecule has 2 heterocycles. The molecule has 5 nitrogen and oxygen atoms in total. The van der Waals surface area contributed by atoms with Crippen molar-refractivity contribution in [2.75, 3.05) is 19.6 Å². The molecule has 0 bridgehead atoms. The lowest BCUT2D eigenvalue weighted by molar-refractivity contribution is -0.138. The minimum Gasteiger partial charge on any atom is -0.474 e. The van der Waals surface area contributed by atoms with E-state index in [1.54, 1.807) is 6.20 Å². The third-order valence-corrected chi connectivity index (χ3v) is 4.96. The van der Waals surface area contributed by atoms with Crippen molar-refractivity contribution in [3.63, 3.8) is 0 Å². The van der Waals surface area contributed by atoms with E-state index in [1.807, 2.05) is 23.1 Å². The van der Waals surface area contributed by atoms with E-state index in [1.165, 1.54) is 0 Å². The van der Waals surface area contributed by atoms with Crippen molar-refractivity contribution in [2.45, 2.75) is 38.2 Å². The Bertz CT molecular complexity index is 496. The van der Waals surface area contributed by atoms with Crippen LogP contribution in [0.4, 0.5) is 0 Å². The summed E-state index contributed by atoms with van der Waals surface area (Å²) in [6, 6.07) is 5.68. The highest BCUT2D eigenvalue weighted by Gasteiger charge is 2.36. The van der Waals surface area contributed by atoms with Crippen molar-refractivity contribution >= 4 is 30.7 Å². The van der Waals surface area contributed by atoms with Crippen LogP contribution in [0.1, 0.15) is 32.1 Å². The monoisotopic (exact) mass is 375 g/mol. The molecule has 2 fully saturated rings. The van der Waals surface area contributed by atoms with Gasteiger partial charge in [0.05, 0.1) is 0 Å². The molecule has 1 aliphatic carbocycles. The first-order chi connectivity index (χ1) is 10.8. The third-order valence-electron chi connectivity index (χ3n) is 4.96. The number of rotatable bonds is 4. The summed E-state index contributed by atoms with van der Waals surface area (Å²) in [6.45, 7) is 2.20. The molecule has 0 aromatic carbocycles. The van der Waals surface area contributed by atoms with Gasteiger partial charge in [0.25, 0.3) is 0 Å². The van der Waals surface area contributed by atoms with E-state index in [9.17, 15) is 4.79 Å². The molecule has 0 spiro atoms. The molecule has 1 aliphatic heterocycles. The molecule has 7 heteroatoms. The van der Waals surface area contributed by atoms with Crippen molar-refractivity contribution in [3.05, 3.63) is 24.4 Å². The van der Waals surface area contributed by atoms with Crippen LogP contribution < -0.4 is 10.5 Å². The number of carbonyl (C=O) groups is 1. The quantitative estimate of drug-likeness (QED) is 0.877. The fourth-order valence-electron chi connectivity index (χ4n) is 3.66. The zero-order valence-electron chi connectivity index (χ0n) is 13.8. The van der Waals surface area contributed by atoms with E-state index in [-0.39, 0.29) is 36.8 Å². The SMILES string of the molecule is Cl.Cl.NC[C@H]1CCC[C@H]1C(=O)N1CCC(Oc2ccccn2)CC1. The zero-order chi connectivity index (χ0) is 15.4. The number of nitrogens with two attached hydrogens (primary N) is 1. The van der Waals surface area contributed by atoms with Gasteiger partial charge in [-0.2, -0.15) is 0 Å². The van der Waals surface area contributed by atoms with Gasteiger partial charge in [0.1, 0.15) is 6.10 Å². The molecule has 1 aromatic heterocycles. The summed E-state index contributed by atoms with van der Waals surface area (Å²) >= 11 is 0. The van der Waals surface area contributed by atoms with E-state index in [0.29, 0.717) is 24.2 Å². The van der Waals surface area contributed by atoms with E-state index >= 15 is 0 Å². The molecule has 1 saturated heterocycles. The Hall–Kier alpha value is -1.04. The van der Waals surface area contributed by atoms with Gasteiger partial charge in [0, 0.05) is 44.1 Å². The number of aromatic nitrogens is 1. The third kappa shape index (κ3) is 4.98. The minimum absolute atomic E-state index is 0. The second kappa shape index (κ2) is 10.1. The Morgan fingerprint density at radius 2 is 1.96 bits per heavy atom. The first kappa shape index (κ1) is 21.0. The number of piperidine rings is 1. The van der Waals surface area contributed by atoms with Crippen LogP contribution in [0.2, 0.25) is 0 Å². The van der Waals surface area contributed by atoms with Crippen molar-refractivity contribution < 1.29 is 9.53 Å². The number of carbonyl (C=O) groups excluding carboxylic acids is 1. The molecule has 1 aromatic rings. The van der Waals surface area contributed by atoms with Gasteiger partial charge < -0.3 is 15.4 Å². The molecule has 2 aliphatic rings. The minimum atomic E-state index is 0. The number of halogens is 2. The van der Waals surface area contributed by atoms with Gasteiger partial charge in [-0.25, -0.2) is 4.98 Å². The Morgan fingerprint density at radius 1 is 1.21 bits per heavy atom. The number of pyridine rings is 1. The average Bonchev–Trinajstić information content (AvgIpc) is 3.04. The molecule has 0 unspecified atom stereocenters. The van der Waals surface area contributed by atoms with Crippen LogP contribution in [-0.2, 0) is 4.79 Å². The van der Waals surface area contributed by atoms with E-state index in [2.05, 4.69) is 4.98 Å². The average molecular weight is 376 g/mol. The summed E-state index contributed by atoms with van der Waals surface area (Å²) in [7, 11) is 0. The molecule has 136 valence electrons. The number of hydrogen-bond acceptors (Lipinski definition) is 4. The molecular formula is C17H27Cl2N3O2. The predicted molar refractivity (Wildman–Crippen MR) is 98.8 cm³/mol. The molecule has 2 N–H and O–H groups in total. The Labute approximate surface area is 156 Å². The van der Waals surface area contributed by atoms with Gasteiger partial charge in [-0.05, 0) is 31.4 Å². The van der Waals surface area contributed by atoms with Crippen LogP contribution in [0, 0.1) is 11.8 Å². The van der Waals surface area contributed by atoms with Gasteiger partial charge in [-0.1, -0.05) is 12.5 Å². The summed E-state index contributed by atoms with van der Waals surface area (Å²) in [5.41, 5.74) is 5.80. The molecule has 1 saturated carbocycles. The van der Waals surface area contributed by atoms with Crippen molar-refractivity contribution in [1.29, 1.82) is 0 Å². The van der Waals surface area contributed by atoms with Crippen LogP contribution in [-0.4, -0.2) is 41.5 Å². The Balaban J connectivity index is 0.00000144. The number of likely N-dealkylation sites (tertiary alicyclic amines) is 1. The topological polar surface area (TPSA) is 68.5 Å². The smallest absolute Gasteiger partial charge is 0.226 e. The zero-order valence-corrected chi connectivity index (χ0v) is 15.4. The second-order valence-electron chi connectivity index (χ2n) is 6.34. The maximum Gasteiger partial charge on any atom is 0.226 e. The normalized spacial score (nSPS) is 24.0. The van der Waals surface area contributed by atoms with Gasteiger partial charge >= 0.3 is 0 Å². The standard InChI is InChI=1S/C17H25N3O2.2ClH/c18-12-13-4-3-5-15(13)17(21)20-10-7-14(8-11-20)22-16-6-1-2-9-19-16;;/h1-2,6,9,13-15H,3-5,7-8,10-12,18H2;2*1H/t13-,15-;;/m1../s1. The van der Waals surface area contributed by atoms with Crippen molar-refractivity contribution in [2.24, 2.45) is 17.6 Å². The lowest BCUT2D eigenvalue weighted by Crippen LogP contribution is -2.45. The molecular weight excluding hydrogens is 349 g/mol. The van der Waals surface area contributed by atoms with Crippen molar-refractivity contribution in [1.82, 2.24) is 9.88 Å². The van der Waals surface area contributed by atoms with Gasteiger partial charge in [0.2, 0.25) is 11.8 Å². The highest BCUT2D eigenvalue weighted by Crippen LogP contribution is 2.33. The number of nitrogens with zero attached hydrogens (tertiary/aromatic N) is 2. The maximum absolute atomic E-state index is 12.7. The first-order valence-electron chi connectivity index (χ1n) is 8.34. The summed E-state index contributed by atoms with van der Waals surface area (Å²) in [6.07, 6.45) is 6.90. The number of ether oxygens (including phenoxy) is 1. The first-order valence-corrected chi connectivity index (χ1v) is 8.34. The van der Waals surface area contributed by atoms with E-state index in [0.717, 1.165) is 45.2 Å². The summed E-state index contributed by atoms with van der Waals surface area (Å²) in [5, 5.41) is 0. The maximum atomic E-state index is 12.7. The van der Waals surface area contributed by atoms with E-state index in [4.69, 9.17) is 10.5 Å². The fourth-order valence-corrected chi connectivity index (χ4v) is 3.66. The van der Waals surface area contributed by atoms with Crippen LogP contribution >= 0.6 is 24.8 Å².